The number of anilines is 1. The fourth-order valence-corrected chi connectivity index (χ4v) is 3.14. The van der Waals surface area contributed by atoms with Crippen LogP contribution < -0.4 is 10.2 Å². The first-order valence-electron chi connectivity index (χ1n) is 7.69. The molecule has 1 aliphatic carbocycles. The molecule has 1 aromatic carbocycles. The SMILES string of the molecule is FC(F)(F)c1ccccc1N(CC1CCNCC1)C1CC1. The highest BCUT2D eigenvalue weighted by Crippen LogP contribution is 2.41. The maximum Gasteiger partial charge on any atom is 0.418 e. The molecule has 0 spiro atoms. The van der Waals surface area contributed by atoms with Crippen LogP contribution >= 0.6 is 0 Å². The highest BCUT2D eigenvalue weighted by molar-refractivity contribution is 5.56. The van der Waals surface area contributed by atoms with Gasteiger partial charge in [0.2, 0.25) is 0 Å². The fraction of sp³-hybridized carbons (Fsp3) is 0.625. The highest BCUT2D eigenvalue weighted by atomic mass is 19.4. The number of para-hydroxylation sites is 1. The van der Waals surface area contributed by atoms with Crippen molar-refractivity contribution in [1.29, 1.82) is 0 Å². The zero-order valence-corrected chi connectivity index (χ0v) is 12.0. The number of nitrogens with zero attached hydrogens (tertiary/aromatic N) is 1. The van der Waals surface area contributed by atoms with Gasteiger partial charge < -0.3 is 10.2 Å². The molecule has 0 aromatic heterocycles. The Balaban J connectivity index is 1.84. The summed E-state index contributed by atoms with van der Waals surface area (Å²) in [5.74, 6) is 0.494. The number of piperidine rings is 1. The maximum atomic E-state index is 13.2. The predicted molar refractivity (Wildman–Crippen MR) is 77.4 cm³/mol. The third-order valence-electron chi connectivity index (χ3n) is 4.42. The molecule has 5 heteroatoms. The minimum absolute atomic E-state index is 0.295. The van der Waals surface area contributed by atoms with Crippen molar-refractivity contribution in [3.8, 4) is 0 Å². The first-order valence-corrected chi connectivity index (χ1v) is 7.69. The van der Waals surface area contributed by atoms with Crippen molar-refractivity contribution >= 4 is 5.69 Å². The lowest BCUT2D eigenvalue weighted by atomic mass is 9.96. The number of rotatable bonds is 4. The largest absolute Gasteiger partial charge is 0.418 e. The minimum atomic E-state index is -4.28. The molecule has 0 radical (unpaired) electrons. The monoisotopic (exact) mass is 298 g/mol. The third-order valence-corrected chi connectivity index (χ3v) is 4.42. The highest BCUT2D eigenvalue weighted by Gasteiger charge is 2.38. The van der Waals surface area contributed by atoms with Crippen LogP contribution in [0.25, 0.3) is 0 Å². The molecular formula is C16H21F3N2. The van der Waals surface area contributed by atoms with E-state index in [0.29, 0.717) is 17.6 Å². The molecule has 0 unspecified atom stereocenters. The van der Waals surface area contributed by atoms with E-state index in [9.17, 15) is 13.2 Å². The van der Waals surface area contributed by atoms with E-state index in [2.05, 4.69) is 5.32 Å². The number of alkyl halides is 3. The topological polar surface area (TPSA) is 15.3 Å². The fourth-order valence-electron chi connectivity index (χ4n) is 3.14. The second-order valence-electron chi connectivity index (χ2n) is 6.09. The molecule has 1 aromatic rings. The summed E-state index contributed by atoms with van der Waals surface area (Å²) in [4.78, 5) is 2.01. The molecule has 2 aliphatic rings. The van der Waals surface area contributed by atoms with E-state index < -0.39 is 11.7 Å². The predicted octanol–water partition coefficient (Wildman–Crippen LogP) is 3.67. The van der Waals surface area contributed by atoms with Crippen LogP contribution in [-0.2, 0) is 6.18 Å². The summed E-state index contributed by atoms with van der Waals surface area (Å²) < 4.78 is 39.7. The molecule has 2 fully saturated rings. The van der Waals surface area contributed by atoms with Gasteiger partial charge in [0, 0.05) is 18.3 Å². The Morgan fingerprint density at radius 1 is 1.05 bits per heavy atom. The lowest BCUT2D eigenvalue weighted by molar-refractivity contribution is -0.137. The molecule has 3 rings (SSSR count). The van der Waals surface area contributed by atoms with Crippen molar-refractivity contribution in [3.05, 3.63) is 29.8 Å². The molecule has 0 atom stereocenters. The Morgan fingerprint density at radius 3 is 2.33 bits per heavy atom. The minimum Gasteiger partial charge on any atom is -0.368 e. The van der Waals surface area contributed by atoms with Crippen LogP contribution in [0.4, 0.5) is 18.9 Å². The molecule has 0 bridgehead atoms. The van der Waals surface area contributed by atoms with Gasteiger partial charge in [0.1, 0.15) is 0 Å². The van der Waals surface area contributed by atoms with Gasteiger partial charge in [-0.25, -0.2) is 0 Å². The van der Waals surface area contributed by atoms with Gasteiger partial charge in [-0.3, -0.25) is 0 Å². The Bertz CT molecular complexity index is 477. The van der Waals surface area contributed by atoms with E-state index in [-0.39, 0.29) is 0 Å². The van der Waals surface area contributed by atoms with E-state index in [4.69, 9.17) is 0 Å². The zero-order chi connectivity index (χ0) is 14.9. The number of hydrogen-bond donors (Lipinski definition) is 1. The first-order chi connectivity index (χ1) is 10.1. The molecule has 2 nitrogen and oxygen atoms in total. The standard InChI is InChI=1S/C16H21F3N2/c17-16(18,19)14-3-1-2-4-15(14)21(13-5-6-13)11-12-7-9-20-10-8-12/h1-4,12-13,20H,5-11H2. The van der Waals surface area contributed by atoms with E-state index in [0.717, 1.165) is 45.3 Å². The van der Waals surface area contributed by atoms with Gasteiger partial charge in [-0.15, -0.1) is 0 Å². The average molecular weight is 298 g/mol. The lowest BCUT2D eigenvalue weighted by Gasteiger charge is -2.33. The quantitative estimate of drug-likeness (QED) is 0.912. The normalized spacial score (nSPS) is 20.5. The van der Waals surface area contributed by atoms with Crippen LogP contribution in [0.3, 0.4) is 0 Å². The average Bonchev–Trinajstić information content (AvgIpc) is 3.30. The van der Waals surface area contributed by atoms with E-state index in [1.165, 1.54) is 12.1 Å². The van der Waals surface area contributed by atoms with Crippen molar-refractivity contribution in [2.75, 3.05) is 24.5 Å². The van der Waals surface area contributed by atoms with Crippen LogP contribution in [0.15, 0.2) is 24.3 Å². The zero-order valence-electron chi connectivity index (χ0n) is 12.0. The summed E-state index contributed by atoms with van der Waals surface area (Å²) >= 11 is 0. The lowest BCUT2D eigenvalue weighted by Crippen LogP contribution is -2.38. The van der Waals surface area contributed by atoms with Crippen molar-refractivity contribution in [3.63, 3.8) is 0 Å². The van der Waals surface area contributed by atoms with Crippen molar-refractivity contribution in [2.24, 2.45) is 5.92 Å². The number of benzene rings is 1. The summed E-state index contributed by atoms with van der Waals surface area (Å²) in [6.07, 6.45) is -0.152. The van der Waals surface area contributed by atoms with E-state index >= 15 is 0 Å². The van der Waals surface area contributed by atoms with Crippen LogP contribution in [0.1, 0.15) is 31.2 Å². The first kappa shape index (κ1) is 14.7. The number of nitrogens with one attached hydrogen (secondary N) is 1. The van der Waals surface area contributed by atoms with Crippen molar-refractivity contribution < 1.29 is 13.2 Å². The van der Waals surface area contributed by atoms with Crippen molar-refractivity contribution in [1.82, 2.24) is 5.32 Å². The van der Waals surface area contributed by atoms with E-state index in [1.807, 2.05) is 4.90 Å². The Labute approximate surface area is 123 Å². The van der Waals surface area contributed by atoms with Gasteiger partial charge in [-0.05, 0) is 56.8 Å². The summed E-state index contributed by atoms with van der Waals surface area (Å²) in [6.45, 7) is 2.70. The molecular weight excluding hydrogens is 277 g/mol. The second kappa shape index (κ2) is 5.87. The van der Waals surface area contributed by atoms with Gasteiger partial charge in [-0.2, -0.15) is 13.2 Å². The molecule has 21 heavy (non-hydrogen) atoms. The second-order valence-corrected chi connectivity index (χ2v) is 6.09. The van der Waals surface area contributed by atoms with Gasteiger partial charge in [0.05, 0.1) is 5.56 Å². The Hall–Kier alpha value is -1.23. The molecule has 1 saturated heterocycles. The van der Waals surface area contributed by atoms with Crippen LogP contribution in [-0.4, -0.2) is 25.7 Å². The summed E-state index contributed by atoms with van der Waals surface area (Å²) in [5, 5.41) is 3.31. The summed E-state index contributed by atoms with van der Waals surface area (Å²) in [7, 11) is 0. The van der Waals surface area contributed by atoms with Crippen molar-refractivity contribution in [2.45, 2.75) is 37.9 Å². The Morgan fingerprint density at radius 2 is 1.71 bits per heavy atom. The molecule has 1 saturated carbocycles. The van der Waals surface area contributed by atoms with Gasteiger partial charge in [0.25, 0.3) is 0 Å². The van der Waals surface area contributed by atoms with Crippen LogP contribution in [0.5, 0.6) is 0 Å². The molecule has 1 heterocycles. The van der Waals surface area contributed by atoms with E-state index in [1.54, 1.807) is 12.1 Å². The van der Waals surface area contributed by atoms with Gasteiger partial charge >= 0.3 is 6.18 Å². The molecule has 1 aliphatic heterocycles. The summed E-state index contributed by atoms with van der Waals surface area (Å²) in [6, 6.07) is 6.31. The smallest absolute Gasteiger partial charge is 0.368 e. The van der Waals surface area contributed by atoms with Crippen LogP contribution in [0.2, 0.25) is 0 Å². The number of hydrogen-bond acceptors (Lipinski definition) is 2. The third kappa shape index (κ3) is 3.51. The van der Waals surface area contributed by atoms with Gasteiger partial charge in [0.15, 0.2) is 0 Å². The van der Waals surface area contributed by atoms with Crippen LogP contribution in [0, 0.1) is 5.92 Å². The summed E-state index contributed by atoms with van der Waals surface area (Å²) in [5.41, 5.74) is -0.128. The molecule has 116 valence electrons. The van der Waals surface area contributed by atoms with Gasteiger partial charge in [-0.1, -0.05) is 12.1 Å². The molecule has 1 N–H and O–H groups in total. The Kier molecular flexibility index (Phi) is 4.11. The number of halogens is 3. The maximum absolute atomic E-state index is 13.2. The molecule has 0 amide bonds.